The zero-order valence-corrected chi connectivity index (χ0v) is 13.5. The molecular weight excluding hydrogens is 298 g/mol. The lowest BCUT2D eigenvalue weighted by atomic mass is 10.2. The molecule has 0 saturated carbocycles. The SMILES string of the molecule is CC(C)n1cnnc1S[C@@H](C)C(=O)Nc1ccc(C#N)cc1. The number of thioether (sulfide) groups is 1. The zero-order valence-electron chi connectivity index (χ0n) is 12.6. The molecule has 0 aliphatic rings. The van der Waals surface area contributed by atoms with E-state index in [-0.39, 0.29) is 17.2 Å². The van der Waals surface area contributed by atoms with Gasteiger partial charge in [-0.3, -0.25) is 4.79 Å². The van der Waals surface area contributed by atoms with Crippen molar-refractivity contribution in [1.82, 2.24) is 14.8 Å². The molecule has 0 fully saturated rings. The number of aromatic nitrogens is 3. The Morgan fingerprint density at radius 3 is 2.59 bits per heavy atom. The van der Waals surface area contributed by atoms with Gasteiger partial charge in [0.1, 0.15) is 6.33 Å². The third kappa shape index (κ3) is 3.86. The molecule has 2 aromatic rings. The van der Waals surface area contributed by atoms with E-state index in [2.05, 4.69) is 15.5 Å². The number of carbonyl (C=O) groups excluding carboxylic acids is 1. The normalized spacial score (nSPS) is 12.0. The van der Waals surface area contributed by atoms with Gasteiger partial charge in [0.2, 0.25) is 5.91 Å². The van der Waals surface area contributed by atoms with E-state index in [1.807, 2.05) is 31.4 Å². The van der Waals surface area contributed by atoms with Crippen molar-refractivity contribution < 1.29 is 4.79 Å². The quantitative estimate of drug-likeness (QED) is 0.858. The molecule has 1 aromatic carbocycles. The summed E-state index contributed by atoms with van der Waals surface area (Å²) < 4.78 is 1.93. The van der Waals surface area contributed by atoms with Crippen LogP contribution in [0.1, 0.15) is 32.4 Å². The number of hydrogen-bond donors (Lipinski definition) is 1. The van der Waals surface area contributed by atoms with Crippen LogP contribution in [0.5, 0.6) is 0 Å². The molecule has 7 heteroatoms. The topological polar surface area (TPSA) is 83.6 Å². The first-order valence-electron chi connectivity index (χ1n) is 6.88. The van der Waals surface area contributed by atoms with Crippen LogP contribution in [0.2, 0.25) is 0 Å². The second-order valence-electron chi connectivity index (χ2n) is 5.05. The average molecular weight is 315 g/mol. The van der Waals surface area contributed by atoms with Crippen molar-refractivity contribution in [2.75, 3.05) is 5.32 Å². The smallest absolute Gasteiger partial charge is 0.237 e. The summed E-state index contributed by atoms with van der Waals surface area (Å²) >= 11 is 1.37. The van der Waals surface area contributed by atoms with Crippen LogP contribution in [0.15, 0.2) is 35.7 Å². The Balaban J connectivity index is 1.99. The minimum absolute atomic E-state index is 0.118. The fourth-order valence-corrected chi connectivity index (χ4v) is 2.71. The van der Waals surface area contributed by atoms with Gasteiger partial charge in [0.05, 0.1) is 16.9 Å². The van der Waals surface area contributed by atoms with Crippen LogP contribution < -0.4 is 5.32 Å². The van der Waals surface area contributed by atoms with Crippen LogP contribution in [0, 0.1) is 11.3 Å². The van der Waals surface area contributed by atoms with Crippen molar-refractivity contribution in [2.45, 2.75) is 37.2 Å². The van der Waals surface area contributed by atoms with Crippen LogP contribution in [-0.4, -0.2) is 25.9 Å². The summed E-state index contributed by atoms with van der Waals surface area (Å²) in [5, 5.41) is 19.9. The first kappa shape index (κ1) is 16.0. The fraction of sp³-hybridized carbons (Fsp3) is 0.333. The van der Waals surface area contributed by atoms with Crippen LogP contribution in [0.4, 0.5) is 5.69 Å². The third-order valence-electron chi connectivity index (χ3n) is 3.03. The zero-order chi connectivity index (χ0) is 16.1. The number of amides is 1. The number of hydrogen-bond acceptors (Lipinski definition) is 5. The molecule has 1 heterocycles. The number of nitrogens with zero attached hydrogens (tertiary/aromatic N) is 4. The molecule has 2 rings (SSSR count). The fourth-order valence-electron chi connectivity index (χ4n) is 1.75. The van der Waals surface area contributed by atoms with E-state index in [1.54, 1.807) is 30.6 Å². The lowest BCUT2D eigenvalue weighted by molar-refractivity contribution is -0.115. The summed E-state index contributed by atoms with van der Waals surface area (Å²) in [7, 11) is 0. The summed E-state index contributed by atoms with van der Waals surface area (Å²) in [6.45, 7) is 5.90. The molecule has 0 aliphatic carbocycles. The molecule has 0 saturated heterocycles. The highest BCUT2D eigenvalue weighted by Gasteiger charge is 2.18. The minimum atomic E-state index is -0.308. The highest BCUT2D eigenvalue weighted by Crippen LogP contribution is 2.24. The Bertz CT molecular complexity index is 687. The Hall–Kier alpha value is -2.33. The van der Waals surface area contributed by atoms with Gasteiger partial charge >= 0.3 is 0 Å². The first-order chi connectivity index (χ1) is 10.5. The summed E-state index contributed by atoms with van der Waals surface area (Å²) in [5.41, 5.74) is 1.23. The van der Waals surface area contributed by atoms with Gasteiger partial charge in [0, 0.05) is 11.7 Å². The van der Waals surface area contributed by atoms with Crippen molar-refractivity contribution >= 4 is 23.4 Å². The minimum Gasteiger partial charge on any atom is -0.325 e. The average Bonchev–Trinajstić information content (AvgIpc) is 2.96. The summed E-state index contributed by atoms with van der Waals surface area (Å²) in [5.74, 6) is -0.118. The van der Waals surface area contributed by atoms with Crippen molar-refractivity contribution in [3.63, 3.8) is 0 Å². The van der Waals surface area contributed by atoms with E-state index in [4.69, 9.17) is 5.26 Å². The number of carbonyl (C=O) groups is 1. The van der Waals surface area contributed by atoms with Crippen molar-refractivity contribution in [3.8, 4) is 6.07 Å². The van der Waals surface area contributed by atoms with Crippen LogP contribution >= 0.6 is 11.8 Å². The highest BCUT2D eigenvalue weighted by molar-refractivity contribution is 8.00. The van der Waals surface area contributed by atoms with Gasteiger partial charge in [-0.15, -0.1) is 10.2 Å². The van der Waals surface area contributed by atoms with Crippen molar-refractivity contribution in [2.24, 2.45) is 0 Å². The molecule has 0 bridgehead atoms. The van der Waals surface area contributed by atoms with Gasteiger partial charge in [-0.2, -0.15) is 5.26 Å². The Morgan fingerprint density at radius 1 is 1.32 bits per heavy atom. The maximum absolute atomic E-state index is 12.2. The van der Waals surface area contributed by atoms with Gasteiger partial charge in [-0.1, -0.05) is 11.8 Å². The van der Waals surface area contributed by atoms with E-state index in [9.17, 15) is 4.79 Å². The molecule has 1 atom stereocenters. The largest absolute Gasteiger partial charge is 0.325 e. The van der Waals surface area contributed by atoms with E-state index in [1.165, 1.54) is 11.8 Å². The molecule has 1 N–H and O–H groups in total. The Labute approximate surface area is 133 Å². The third-order valence-corrected chi connectivity index (χ3v) is 4.10. The predicted octanol–water partition coefficient (Wildman–Crippen LogP) is 2.85. The summed E-state index contributed by atoms with van der Waals surface area (Å²) in [6.07, 6.45) is 1.66. The second kappa shape index (κ2) is 7.09. The maximum atomic E-state index is 12.2. The molecule has 22 heavy (non-hydrogen) atoms. The lowest BCUT2D eigenvalue weighted by Gasteiger charge is -2.14. The van der Waals surface area contributed by atoms with Gasteiger partial charge in [0.15, 0.2) is 5.16 Å². The van der Waals surface area contributed by atoms with Crippen LogP contribution in [0.25, 0.3) is 0 Å². The molecule has 0 unspecified atom stereocenters. The Morgan fingerprint density at radius 2 is 2.00 bits per heavy atom. The maximum Gasteiger partial charge on any atom is 0.237 e. The van der Waals surface area contributed by atoms with E-state index in [0.717, 1.165) is 5.16 Å². The van der Waals surface area contributed by atoms with Gasteiger partial charge in [-0.25, -0.2) is 0 Å². The second-order valence-corrected chi connectivity index (χ2v) is 6.36. The number of benzene rings is 1. The van der Waals surface area contributed by atoms with Gasteiger partial charge in [0.25, 0.3) is 0 Å². The van der Waals surface area contributed by atoms with Gasteiger partial charge < -0.3 is 9.88 Å². The molecular formula is C15H17N5OS. The molecule has 114 valence electrons. The van der Waals surface area contributed by atoms with Crippen molar-refractivity contribution in [3.05, 3.63) is 36.2 Å². The predicted molar refractivity (Wildman–Crippen MR) is 85.5 cm³/mol. The van der Waals surface area contributed by atoms with E-state index >= 15 is 0 Å². The lowest BCUT2D eigenvalue weighted by Crippen LogP contribution is -2.23. The molecule has 0 aliphatic heterocycles. The highest BCUT2D eigenvalue weighted by atomic mass is 32.2. The number of rotatable bonds is 5. The Kier molecular flexibility index (Phi) is 5.17. The van der Waals surface area contributed by atoms with Crippen molar-refractivity contribution in [1.29, 1.82) is 5.26 Å². The first-order valence-corrected chi connectivity index (χ1v) is 7.76. The number of anilines is 1. The summed E-state index contributed by atoms with van der Waals surface area (Å²) in [4.78, 5) is 12.2. The van der Waals surface area contributed by atoms with E-state index in [0.29, 0.717) is 11.3 Å². The monoisotopic (exact) mass is 315 g/mol. The van der Waals surface area contributed by atoms with E-state index < -0.39 is 0 Å². The molecule has 6 nitrogen and oxygen atoms in total. The standard InChI is InChI=1S/C15H17N5OS/c1-10(2)20-9-17-19-15(20)22-11(3)14(21)18-13-6-4-12(8-16)5-7-13/h4-7,9-11H,1-3H3,(H,18,21)/t11-/m0/s1. The molecule has 0 radical (unpaired) electrons. The molecule has 1 aromatic heterocycles. The summed E-state index contributed by atoms with van der Waals surface area (Å²) in [6, 6.07) is 9.05. The number of nitriles is 1. The number of nitrogens with one attached hydrogen (secondary N) is 1. The van der Waals surface area contributed by atoms with Crippen LogP contribution in [-0.2, 0) is 4.79 Å². The van der Waals surface area contributed by atoms with Gasteiger partial charge in [-0.05, 0) is 45.0 Å². The molecule has 1 amide bonds. The van der Waals surface area contributed by atoms with Crippen LogP contribution in [0.3, 0.4) is 0 Å². The molecule has 0 spiro atoms.